The molecule has 0 radical (unpaired) electrons. The maximum Gasteiger partial charge on any atom is 0.166 e. The highest BCUT2D eigenvalue weighted by atomic mass is 16.6. The number of hydrogen-bond donors (Lipinski definition) is 4. The van der Waals surface area contributed by atoms with Gasteiger partial charge in [0.15, 0.2) is 11.9 Å². The molecule has 2 aromatic rings. The summed E-state index contributed by atoms with van der Waals surface area (Å²) in [5.41, 5.74) is 1.31. The highest BCUT2D eigenvalue weighted by Crippen LogP contribution is 2.32. The predicted octanol–water partition coefficient (Wildman–Crippen LogP) is -1.48. The minimum atomic E-state index is -1.25. The van der Waals surface area contributed by atoms with E-state index in [9.17, 15) is 20.6 Å². The van der Waals surface area contributed by atoms with Crippen molar-refractivity contribution in [2.45, 2.75) is 24.5 Å². The average Bonchev–Trinajstić information content (AvgIpc) is 3.14. The third kappa shape index (κ3) is 2.49. The number of allylic oxidation sites excluding steroid dienone is 1. The molecule has 1 fully saturated rings. The van der Waals surface area contributed by atoms with Gasteiger partial charge in [0.05, 0.1) is 18.5 Å². The Balaban J connectivity index is 2.07. The predicted molar refractivity (Wildman–Crippen MR) is 81.0 cm³/mol. The minimum Gasteiger partial charge on any atom is -0.394 e. The molecule has 0 spiro atoms. The van der Waals surface area contributed by atoms with Crippen LogP contribution >= 0.6 is 0 Å². The fourth-order valence-electron chi connectivity index (χ4n) is 2.64. The Kier molecular flexibility index (Phi) is 4.41. The summed E-state index contributed by atoms with van der Waals surface area (Å²) < 4.78 is 6.93. The zero-order valence-electron chi connectivity index (χ0n) is 12.7. The third-order valence-corrected chi connectivity index (χ3v) is 3.81. The number of rotatable bonds is 4. The normalized spacial score (nSPS) is 27.4. The Hall–Kier alpha value is -2.58. The highest BCUT2D eigenvalue weighted by molar-refractivity contribution is 5.89. The lowest BCUT2D eigenvalue weighted by Gasteiger charge is -2.16. The summed E-state index contributed by atoms with van der Waals surface area (Å²) in [6.07, 6.45) is -0.173. The van der Waals surface area contributed by atoms with Crippen molar-refractivity contribution in [1.82, 2.24) is 24.8 Å². The van der Waals surface area contributed by atoms with Gasteiger partial charge in [0.25, 0.3) is 0 Å². The van der Waals surface area contributed by atoms with E-state index < -0.39 is 31.1 Å². The fourth-order valence-corrected chi connectivity index (χ4v) is 2.64. The van der Waals surface area contributed by atoms with Crippen LogP contribution in [0.25, 0.3) is 16.7 Å². The van der Waals surface area contributed by atoms with Gasteiger partial charge in [0.2, 0.25) is 0 Å². The standard InChI is InChI=1S/C14H16N6O4/c1-16-3-7(2-15)9-10-13(18-5-17-9)20(6-19-10)14-12(23)11(22)8(4-21)24-14/h3,5-6,8,11-12,14,16,21-23H,4H2,1H3/t8-,11-,12-,14-/m1/s1. The van der Waals surface area contributed by atoms with Gasteiger partial charge in [-0.3, -0.25) is 4.57 Å². The van der Waals surface area contributed by atoms with Gasteiger partial charge in [-0.2, -0.15) is 5.26 Å². The first-order valence-corrected chi connectivity index (χ1v) is 7.20. The second-order valence-electron chi connectivity index (χ2n) is 5.23. The Morgan fingerprint density at radius 2 is 2.21 bits per heavy atom. The molecule has 0 saturated carbocycles. The van der Waals surface area contributed by atoms with E-state index >= 15 is 0 Å². The molecule has 0 aliphatic carbocycles. The first-order chi connectivity index (χ1) is 11.6. The molecule has 2 aromatic heterocycles. The Morgan fingerprint density at radius 3 is 2.83 bits per heavy atom. The second-order valence-corrected chi connectivity index (χ2v) is 5.23. The van der Waals surface area contributed by atoms with E-state index in [1.54, 1.807) is 7.05 Å². The number of nitrogens with one attached hydrogen (secondary N) is 1. The van der Waals surface area contributed by atoms with Crippen LogP contribution in [0.15, 0.2) is 18.9 Å². The Labute approximate surface area is 136 Å². The van der Waals surface area contributed by atoms with Crippen molar-refractivity contribution in [1.29, 1.82) is 5.26 Å². The Morgan fingerprint density at radius 1 is 1.42 bits per heavy atom. The molecule has 4 N–H and O–H groups in total. The zero-order valence-corrected chi connectivity index (χ0v) is 12.7. The quantitative estimate of drug-likeness (QED) is 0.492. The number of fused-ring (bicyclic) bond motifs is 1. The SMILES string of the molecule is CNC=C(C#N)c1ncnc2c1ncn2[C@@H]1O[C@H](CO)[C@@H](O)[C@H]1O. The number of aliphatic hydroxyl groups excluding tert-OH is 3. The number of hydrogen-bond acceptors (Lipinski definition) is 9. The molecular formula is C14H16N6O4. The van der Waals surface area contributed by atoms with Crippen LogP contribution in [0.3, 0.4) is 0 Å². The first kappa shape index (κ1) is 16.3. The maximum absolute atomic E-state index is 10.1. The minimum absolute atomic E-state index is 0.274. The van der Waals surface area contributed by atoms with Crippen molar-refractivity contribution in [3.05, 3.63) is 24.5 Å². The van der Waals surface area contributed by atoms with Crippen molar-refractivity contribution < 1.29 is 20.1 Å². The lowest BCUT2D eigenvalue weighted by atomic mass is 10.1. The summed E-state index contributed by atoms with van der Waals surface area (Å²) in [6.45, 7) is -0.426. The van der Waals surface area contributed by atoms with E-state index in [-0.39, 0.29) is 5.57 Å². The molecule has 0 aromatic carbocycles. The number of nitriles is 1. The molecule has 10 nitrogen and oxygen atoms in total. The summed E-state index contributed by atoms with van der Waals surface area (Å²) in [5, 5.41) is 41.2. The van der Waals surface area contributed by atoms with Gasteiger partial charge in [-0.25, -0.2) is 15.0 Å². The summed E-state index contributed by atoms with van der Waals surface area (Å²) in [6, 6.07) is 2.03. The van der Waals surface area contributed by atoms with E-state index in [1.165, 1.54) is 23.4 Å². The number of aliphatic hydroxyl groups is 3. The Bertz CT molecular complexity index is 813. The molecule has 0 amide bonds. The molecule has 3 heterocycles. The number of nitrogens with zero attached hydrogens (tertiary/aromatic N) is 5. The summed E-state index contributed by atoms with van der Waals surface area (Å²) in [7, 11) is 1.66. The summed E-state index contributed by atoms with van der Waals surface area (Å²) >= 11 is 0. The summed E-state index contributed by atoms with van der Waals surface area (Å²) in [5.74, 6) is 0. The molecule has 0 unspecified atom stereocenters. The molecule has 1 aliphatic heterocycles. The second kappa shape index (κ2) is 6.50. The maximum atomic E-state index is 10.1. The van der Waals surface area contributed by atoms with Crippen LogP contribution in [0.2, 0.25) is 0 Å². The van der Waals surface area contributed by atoms with E-state index in [0.717, 1.165) is 0 Å². The molecule has 10 heteroatoms. The molecule has 126 valence electrons. The average molecular weight is 332 g/mol. The van der Waals surface area contributed by atoms with Crippen molar-refractivity contribution in [3.63, 3.8) is 0 Å². The van der Waals surface area contributed by atoms with E-state index in [0.29, 0.717) is 16.9 Å². The van der Waals surface area contributed by atoms with Gasteiger partial charge in [-0.1, -0.05) is 0 Å². The lowest BCUT2D eigenvalue weighted by molar-refractivity contribution is -0.0511. The fraction of sp³-hybridized carbons (Fsp3) is 0.429. The van der Waals surface area contributed by atoms with Crippen LogP contribution in [0.5, 0.6) is 0 Å². The van der Waals surface area contributed by atoms with Crippen LogP contribution < -0.4 is 5.32 Å². The van der Waals surface area contributed by atoms with E-state index in [1.807, 2.05) is 6.07 Å². The van der Waals surface area contributed by atoms with Crippen LogP contribution in [0.1, 0.15) is 11.9 Å². The van der Waals surface area contributed by atoms with Crippen LogP contribution in [0, 0.1) is 11.3 Å². The van der Waals surface area contributed by atoms with Crippen LogP contribution in [-0.4, -0.2) is 66.8 Å². The van der Waals surface area contributed by atoms with Crippen LogP contribution in [-0.2, 0) is 4.74 Å². The smallest absolute Gasteiger partial charge is 0.166 e. The van der Waals surface area contributed by atoms with Gasteiger partial charge in [-0.15, -0.1) is 0 Å². The van der Waals surface area contributed by atoms with Crippen molar-refractivity contribution >= 4 is 16.7 Å². The molecule has 3 rings (SSSR count). The van der Waals surface area contributed by atoms with Gasteiger partial charge in [0.1, 0.15) is 41.9 Å². The summed E-state index contributed by atoms with van der Waals surface area (Å²) in [4.78, 5) is 12.4. The zero-order chi connectivity index (χ0) is 17.3. The van der Waals surface area contributed by atoms with Gasteiger partial charge >= 0.3 is 0 Å². The number of aromatic nitrogens is 4. The van der Waals surface area contributed by atoms with Gasteiger partial charge in [-0.05, 0) is 0 Å². The highest BCUT2D eigenvalue weighted by Gasteiger charge is 2.44. The molecule has 0 bridgehead atoms. The molecule has 24 heavy (non-hydrogen) atoms. The van der Waals surface area contributed by atoms with Crippen molar-refractivity contribution in [3.8, 4) is 6.07 Å². The van der Waals surface area contributed by atoms with Crippen LogP contribution in [0.4, 0.5) is 0 Å². The molecular weight excluding hydrogens is 316 g/mol. The lowest BCUT2D eigenvalue weighted by Crippen LogP contribution is -2.33. The number of ether oxygens (including phenoxy) is 1. The van der Waals surface area contributed by atoms with Gasteiger partial charge in [0, 0.05) is 13.2 Å². The van der Waals surface area contributed by atoms with Gasteiger partial charge < -0.3 is 25.4 Å². The van der Waals surface area contributed by atoms with Crippen molar-refractivity contribution in [2.75, 3.05) is 13.7 Å². The topological polar surface area (TPSA) is 149 Å². The number of imidazole rings is 1. The van der Waals surface area contributed by atoms with Crippen molar-refractivity contribution in [2.24, 2.45) is 0 Å². The molecule has 1 saturated heterocycles. The molecule has 1 aliphatic rings. The first-order valence-electron chi connectivity index (χ1n) is 7.20. The monoisotopic (exact) mass is 332 g/mol. The third-order valence-electron chi connectivity index (χ3n) is 3.81. The largest absolute Gasteiger partial charge is 0.394 e. The molecule has 4 atom stereocenters. The van der Waals surface area contributed by atoms with E-state index in [4.69, 9.17) is 4.74 Å². The van der Waals surface area contributed by atoms with E-state index in [2.05, 4.69) is 20.3 Å².